The largest absolute Gasteiger partial charge is 0.312 e. The summed E-state index contributed by atoms with van der Waals surface area (Å²) < 4.78 is 0. The SMILES string of the molecule is CC(CNC1CC1)N(CC1CC1)CC1CC1. The minimum Gasteiger partial charge on any atom is -0.312 e. The molecule has 16 heavy (non-hydrogen) atoms. The van der Waals surface area contributed by atoms with Crippen molar-refractivity contribution in [3.63, 3.8) is 0 Å². The molecule has 0 heterocycles. The molecule has 3 fully saturated rings. The van der Waals surface area contributed by atoms with E-state index in [4.69, 9.17) is 0 Å². The zero-order chi connectivity index (χ0) is 11.0. The van der Waals surface area contributed by atoms with Crippen LogP contribution in [0.2, 0.25) is 0 Å². The first-order chi connectivity index (χ1) is 7.81. The monoisotopic (exact) mass is 222 g/mol. The average molecular weight is 222 g/mol. The molecule has 1 unspecified atom stereocenters. The van der Waals surface area contributed by atoms with Gasteiger partial charge in [-0.15, -0.1) is 0 Å². The summed E-state index contributed by atoms with van der Waals surface area (Å²) in [6.07, 6.45) is 8.79. The Bertz CT molecular complexity index is 215. The Hall–Kier alpha value is -0.0800. The maximum atomic E-state index is 3.68. The fourth-order valence-corrected chi connectivity index (χ4v) is 2.45. The van der Waals surface area contributed by atoms with Crippen molar-refractivity contribution in [1.82, 2.24) is 10.2 Å². The third kappa shape index (κ3) is 3.46. The summed E-state index contributed by atoms with van der Waals surface area (Å²) in [4.78, 5) is 2.77. The summed E-state index contributed by atoms with van der Waals surface area (Å²) >= 11 is 0. The third-order valence-corrected chi connectivity index (χ3v) is 4.28. The molecule has 3 saturated carbocycles. The molecule has 3 aliphatic rings. The molecule has 0 aromatic rings. The Labute approximate surface area is 99.8 Å². The van der Waals surface area contributed by atoms with Crippen LogP contribution in [-0.4, -0.2) is 36.6 Å². The summed E-state index contributed by atoms with van der Waals surface area (Å²) in [5.74, 6) is 2.09. The van der Waals surface area contributed by atoms with Gasteiger partial charge in [-0.2, -0.15) is 0 Å². The third-order valence-electron chi connectivity index (χ3n) is 4.28. The first-order valence-electron chi connectivity index (χ1n) is 7.28. The van der Waals surface area contributed by atoms with Crippen molar-refractivity contribution in [2.24, 2.45) is 11.8 Å². The molecular formula is C14H26N2. The van der Waals surface area contributed by atoms with Gasteiger partial charge in [0.05, 0.1) is 0 Å². The smallest absolute Gasteiger partial charge is 0.0192 e. The van der Waals surface area contributed by atoms with Gasteiger partial charge in [-0.3, -0.25) is 4.90 Å². The number of hydrogen-bond donors (Lipinski definition) is 1. The second kappa shape index (κ2) is 4.66. The van der Waals surface area contributed by atoms with Gasteiger partial charge in [0.2, 0.25) is 0 Å². The number of nitrogens with one attached hydrogen (secondary N) is 1. The van der Waals surface area contributed by atoms with Crippen LogP contribution >= 0.6 is 0 Å². The van der Waals surface area contributed by atoms with Crippen LogP contribution in [-0.2, 0) is 0 Å². The lowest BCUT2D eigenvalue weighted by Crippen LogP contribution is -2.43. The highest BCUT2D eigenvalue weighted by Crippen LogP contribution is 2.34. The van der Waals surface area contributed by atoms with Gasteiger partial charge in [0, 0.05) is 31.7 Å². The molecule has 0 aromatic heterocycles. The number of nitrogens with zero attached hydrogens (tertiary/aromatic N) is 1. The molecule has 92 valence electrons. The normalized spacial score (nSPS) is 27.4. The molecule has 0 radical (unpaired) electrons. The highest BCUT2D eigenvalue weighted by atomic mass is 15.2. The average Bonchev–Trinajstić information content (AvgIpc) is 3.14. The van der Waals surface area contributed by atoms with Crippen molar-refractivity contribution in [3.8, 4) is 0 Å². The van der Waals surface area contributed by atoms with Gasteiger partial charge in [-0.25, -0.2) is 0 Å². The van der Waals surface area contributed by atoms with E-state index in [0.29, 0.717) is 0 Å². The van der Waals surface area contributed by atoms with Gasteiger partial charge in [-0.1, -0.05) is 0 Å². The van der Waals surface area contributed by atoms with Crippen LogP contribution in [0.4, 0.5) is 0 Å². The van der Waals surface area contributed by atoms with Crippen LogP contribution in [0.1, 0.15) is 45.4 Å². The van der Waals surface area contributed by atoms with E-state index in [1.54, 1.807) is 0 Å². The van der Waals surface area contributed by atoms with E-state index in [1.165, 1.54) is 58.2 Å². The molecule has 0 aliphatic heterocycles. The molecule has 1 N–H and O–H groups in total. The van der Waals surface area contributed by atoms with Crippen molar-refractivity contribution in [2.75, 3.05) is 19.6 Å². The van der Waals surface area contributed by atoms with Gasteiger partial charge in [0.15, 0.2) is 0 Å². The van der Waals surface area contributed by atoms with Crippen LogP contribution in [0.15, 0.2) is 0 Å². The van der Waals surface area contributed by atoms with Crippen LogP contribution < -0.4 is 5.32 Å². The number of rotatable bonds is 8. The summed E-state index contributed by atoms with van der Waals surface area (Å²) in [6, 6.07) is 1.62. The minimum atomic E-state index is 0.752. The molecule has 1 atom stereocenters. The Morgan fingerprint density at radius 3 is 2.00 bits per heavy atom. The van der Waals surface area contributed by atoms with Crippen LogP contribution in [0.5, 0.6) is 0 Å². The van der Waals surface area contributed by atoms with E-state index in [0.717, 1.165) is 23.9 Å². The van der Waals surface area contributed by atoms with Crippen molar-refractivity contribution in [1.29, 1.82) is 0 Å². The summed E-state index contributed by atoms with van der Waals surface area (Å²) in [5.41, 5.74) is 0. The van der Waals surface area contributed by atoms with E-state index >= 15 is 0 Å². The van der Waals surface area contributed by atoms with E-state index in [1.807, 2.05) is 0 Å². The van der Waals surface area contributed by atoms with Crippen LogP contribution in [0, 0.1) is 11.8 Å². The van der Waals surface area contributed by atoms with E-state index in [9.17, 15) is 0 Å². The topological polar surface area (TPSA) is 15.3 Å². The van der Waals surface area contributed by atoms with E-state index < -0.39 is 0 Å². The maximum absolute atomic E-state index is 3.68. The lowest BCUT2D eigenvalue weighted by molar-refractivity contribution is 0.187. The van der Waals surface area contributed by atoms with Crippen molar-refractivity contribution >= 4 is 0 Å². The Morgan fingerprint density at radius 1 is 1.00 bits per heavy atom. The van der Waals surface area contributed by atoms with Gasteiger partial charge in [0.1, 0.15) is 0 Å². The van der Waals surface area contributed by atoms with Crippen molar-refractivity contribution < 1.29 is 0 Å². The molecule has 0 spiro atoms. The van der Waals surface area contributed by atoms with Gasteiger partial charge >= 0.3 is 0 Å². The number of hydrogen-bond acceptors (Lipinski definition) is 2. The Morgan fingerprint density at radius 2 is 1.56 bits per heavy atom. The predicted octanol–water partition coefficient (Wildman–Crippen LogP) is 2.25. The summed E-state index contributed by atoms with van der Waals surface area (Å²) in [6.45, 7) is 6.39. The molecule has 0 bridgehead atoms. The zero-order valence-corrected chi connectivity index (χ0v) is 10.6. The lowest BCUT2D eigenvalue weighted by Gasteiger charge is -2.29. The Kier molecular flexibility index (Phi) is 3.21. The highest BCUT2D eigenvalue weighted by molar-refractivity contribution is 4.87. The van der Waals surface area contributed by atoms with Crippen molar-refractivity contribution in [2.45, 2.75) is 57.5 Å². The highest BCUT2D eigenvalue weighted by Gasteiger charge is 2.31. The van der Waals surface area contributed by atoms with Gasteiger partial charge < -0.3 is 5.32 Å². The first kappa shape index (κ1) is 11.0. The molecule has 2 nitrogen and oxygen atoms in total. The fraction of sp³-hybridized carbons (Fsp3) is 1.00. The molecule has 0 amide bonds. The second-order valence-electron chi connectivity index (χ2n) is 6.37. The maximum Gasteiger partial charge on any atom is 0.0192 e. The summed E-state index contributed by atoms with van der Waals surface area (Å²) in [7, 11) is 0. The van der Waals surface area contributed by atoms with Crippen LogP contribution in [0.3, 0.4) is 0 Å². The predicted molar refractivity (Wildman–Crippen MR) is 67.5 cm³/mol. The van der Waals surface area contributed by atoms with E-state index in [-0.39, 0.29) is 0 Å². The molecule has 0 aromatic carbocycles. The Balaban J connectivity index is 1.43. The lowest BCUT2D eigenvalue weighted by atomic mass is 10.2. The van der Waals surface area contributed by atoms with Gasteiger partial charge in [0.25, 0.3) is 0 Å². The van der Waals surface area contributed by atoms with Crippen LogP contribution in [0.25, 0.3) is 0 Å². The van der Waals surface area contributed by atoms with E-state index in [2.05, 4.69) is 17.1 Å². The molecule has 2 heteroatoms. The zero-order valence-electron chi connectivity index (χ0n) is 10.6. The second-order valence-corrected chi connectivity index (χ2v) is 6.37. The standard InChI is InChI=1S/C14H26N2/c1-11(8-15-14-6-7-14)16(9-12-2-3-12)10-13-4-5-13/h11-15H,2-10H2,1H3. The molecule has 0 saturated heterocycles. The first-order valence-corrected chi connectivity index (χ1v) is 7.28. The summed E-state index contributed by atoms with van der Waals surface area (Å²) in [5, 5.41) is 3.68. The molecular weight excluding hydrogens is 196 g/mol. The minimum absolute atomic E-state index is 0.752. The fourth-order valence-electron chi connectivity index (χ4n) is 2.45. The quantitative estimate of drug-likeness (QED) is 0.677. The molecule has 3 rings (SSSR count). The molecule has 3 aliphatic carbocycles. The van der Waals surface area contributed by atoms with Gasteiger partial charge in [-0.05, 0) is 57.3 Å². The van der Waals surface area contributed by atoms with Crippen molar-refractivity contribution in [3.05, 3.63) is 0 Å².